The van der Waals surface area contributed by atoms with Gasteiger partial charge in [-0.3, -0.25) is 9.59 Å². The van der Waals surface area contributed by atoms with Gasteiger partial charge in [0.15, 0.2) is 0 Å². The predicted molar refractivity (Wildman–Crippen MR) is 141 cm³/mol. The highest BCUT2D eigenvalue weighted by atomic mass is 16.6. The predicted octanol–water partition coefficient (Wildman–Crippen LogP) is 5.52. The fraction of sp³-hybridized carbons (Fsp3) is 0.679. The number of ether oxygens (including phenoxy) is 1. The minimum atomic E-state index is -0.822. The Kier molecular flexibility index (Phi) is 11.7. The number of rotatable bonds is 11. The third kappa shape index (κ3) is 10.3. The van der Waals surface area contributed by atoms with Gasteiger partial charge in [0.1, 0.15) is 17.7 Å². The van der Waals surface area contributed by atoms with E-state index in [-0.39, 0.29) is 29.8 Å². The fourth-order valence-electron chi connectivity index (χ4n) is 4.11. The summed E-state index contributed by atoms with van der Waals surface area (Å²) in [4.78, 5) is 41.8. The van der Waals surface area contributed by atoms with Crippen molar-refractivity contribution >= 4 is 17.9 Å². The fourth-order valence-corrected chi connectivity index (χ4v) is 4.11. The van der Waals surface area contributed by atoms with Crippen molar-refractivity contribution in [3.63, 3.8) is 0 Å². The van der Waals surface area contributed by atoms with Gasteiger partial charge >= 0.3 is 6.09 Å². The van der Waals surface area contributed by atoms with Gasteiger partial charge in [0, 0.05) is 12.1 Å². The molecule has 7 nitrogen and oxygen atoms in total. The van der Waals surface area contributed by atoms with E-state index >= 15 is 0 Å². The summed E-state index contributed by atoms with van der Waals surface area (Å²) < 4.78 is 5.43. The number of carbonyl (C=O) groups is 3. The zero-order chi connectivity index (χ0) is 26.9. The molecule has 0 saturated heterocycles. The smallest absolute Gasteiger partial charge is 0.408 e. The van der Waals surface area contributed by atoms with Crippen LogP contribution in [0, 0.1) is 12.8 Å². The first-order valence-electron chi connectivity index (χ1n) is 12.8. The highest BCUT2D eigenvalue weighted by molar-refractivity contribution is 5.92. The van der Waals surface area contributed by atoms with Gasteiger partial charge in [-0.05, 0) is 72.8 Å². The molecule has 35 heavy (non-hydrogen) atoms. The van der Waals surface area contributed by atoms with Crippen molar-refractivity contribution in [2.75, 3.05) is 0 Å². The third-order valence-corrected chi connectivity index (χ3v) is 5.50. The van der Waals surface area contributed by atoms with Gasteiger partial charge in [-0.1, -0.05) is 57.0 Å². The molecule has 0 fully saturated rings. The van der Waals surface area contributed by atoms with E-state index in [4.69, 9.17) is 4.74 Å². The number of nitrogens with zero attached hydrogens (tertiary/aromatic N) is 1. The Hall–Kier alpha value is -2.57. The first-order valence-corrected chi connectivity index (χ1v) is 12.8. The molecule has 3 atom stereocenters. The number of aryl methyl sites for hydroxylation is 1. The van der Waals surface area contributed by atoms with Crippen molar-refractivity contribution in [1.82, 2.24) is 15.5 Å². The average molecular weight is 490 g/mol. The van der Waals surface area contributed by atoms with E-state index in [1.807, 2.05) is 65.8 Å². The van der Waals surface area contributed by atoms with Crippen LogP contribution >= 0.6 is 0 Å². The molecule has 198 valence electrons. The Morgan fingerprint density at radius 1 is 1.03 bits per heavy atom. The SMILES string of the molecule is CCCC(C)NC(=O)C(c1cccc(C)c1)N(C(=O)C(CC(C)C)NC(=O)OC(C)(C)C)C(C)C. The summed E-state index contributed by atoms with van der Waals surface area (Å²) >= 11 is 0. The van der Waals surface area contributed by atoms with Crippen molar-refractivity contribution in [2.24, 2.45) is 5.92 Å². The van der Waals surface area contributed by atoms with Gasteiger partial charge in [0.2, 0.25) is 11.8 Å². The lowest BCUT2D eigenvalue weighted by Crippen LogP contribution is -2.55. The zero-order valence-electron chi connectivity index (χ0n) is 23.4. The minimum absolute atomic E-state index is 0.0183. The Morgan fingerprint density at radius 3 is 2.14 bits per heavy atom. The van der Waals surface area contributed by atoms with Crippen LogP contribution in [0.25, 0.3) is 0 Å². The lowest BCUT2D eigenvalue weighted by Gasteiger charge is -2.38. The molecule has 0 bridgehead atoms. The molecular formula is C28H47N3O4. The number of nitrogens with one attached hydrogen (secondary N) is 2. The first kappa shape index (κ1) is 30.5. The number of alkyl carbamates (subject to hydrolysis) is 1. The van der Waals surface area contributed by atoms with E-state index in [0.29, 0.717) is 6.42 Å². The molecule has 0 radical (unpaired) electrons. The van der Waals surface area contributed by atoms with Gasteiger partial charge in [-0.15, -0.1) is 0 Å². The number of hydrogen-bond donors (Lipinski definition) is 2. The number of amides is 3. The highest BCUT2D eigenvalue weighted by Crippen LogP contribution is 2.27. The van der Waals surface area contributed by atoms with Crippen molar-refractivity contribution in [3.8, 4) is 0 Å². The second-order valence-electron chi connectivity index (χ2n) is 11.2. The van der Waals surface area contributed by atoms with E-state index in [9.17, 15) is 14.4 Å². The molecule has 1 aromatic rings. The Morgan fingerprint density at radius 2 is 1.66 bits per heavy atom. The first-order chi connectivity index (χ1) is 16.2. The Bertz CT molecular complexity index is 845. The van der Waals surface area contributed by atoms with Crippen LogP contribution in [0.3, 0.4) is 0 Å². The summed E-state index contributed by atoms with van der Waals surface area (Å²) in [5.74, 6) is -0.382. The quantitative estimate of drug-likeness (QED) is 0.429. The van der Waals surface area contributed by atoms with E-state index in [1.165, 1.54) is 0 Å². The molecule has 3 unspecified atom stereocenters. The summed E-state index contributed by atoms with van der Waals surface area (Å²) in [6.07, 6.45) is 1.57. The molecule has 1 aromatic carbocycles. The summed E-state index contributed by atoms with van der Waals surface area (Å²) in [5, 5.41) is 5.87. The van der Waals surface area contributed by atoms with Crippen LogP contribution in [0.15, 0.2) is 24.3 Å². The second kappa shape index (κ2) is 13.5. The number of hydrogen-bond acceptors (Lipinski definition) is 4. The van der Waals surface area contributed by atoms with Crippen molar-refractivity contribution < 1.29 is 19.1 Å². The molecular weight excluding hydrogens is 442 g/mol. The van der Waals surface area contributed by atoms with Crippen LogP contribution in [0.4, 0.5) is 4.79 Å². The largest absolute Gasteiger partial charge is 0.444 e. The van der Waals surface area contributed by atoms with Crippen LogP contribution in [0.2, 0.25) is 0 Å². The third-order valence-electron chi connectivity index (χ3n) is 5.50. The van der Waals surface area contributed by atoms with Gasteiger partial charge < -0.3 is 20.3 Å². The maximum Gasteiger partial charge on any atom is 0.408 e. The van der Waals surface area contributed by atoms with Crippen LogP contribution in [0.5, 0.6) is 0 Å². The zero-order valence-corrected chi connectivity index (χ0v) is 23.4. The van der Waals surface area contributed by atoms with Gasteiger partial charge in [0.25, 0.3) is 0 Å². The molecule has 0 heterocycles. The molecule has 0 aliphatic carbocycles. The van der Waals surface area contributed by atoms with Crippen LogP contribution in [0.1, 0.15) is 98.7 Å². The van der Waals surface area contributed by atoms with Gasteiger partial charge in [-0.2, -0.15) is 0 Å². The second-order valence-corrected chi connectivity index (χ2v) is 11.2. The van der Waals surface area contributed by atoms with E-state index in [0.717, 1.165) is 24.0 Å². The summed E-state index contributed by atoms with van der Waals surface area (Å²) in [5.41, 5.74) is 1.06. The number of benzene rings is 1. The van der Waals surface area contributed by atoms with Gasteiger partial charge in [-0.25, -0.2) is 4.79 Å². The van der Waals surface area contributed by atoms with E-state index in [2.05, 4.69) is 17.6 Å². The normalized spacial score (nSPS) is 14.3. The topological polar surface area (TPSA) is 87.7 Å². The lowest BCUT2D eigenvalue weighted by atomic mass is 9.97. The summed E-state index contributed by atoms with van der Waals surface area (Å²) in [7, 11) is 0. The Labute approximate surface area is 212 Å². The van der Waals surface area contributed by atoms with Crippen molar-refractivity contribution in [3.05, 3.63) is 35.4 Å². The molecule has 3 amide bonds. The Balaban J connectivity index is 3.45. The summed E-state index contributed by atoms with van der Waals surface area (Å²) in [6.45, 7) is 19.1. The standard InChI is InChI=1S/C28H47N3O4/c1-11-13-21(7)29-25(32)24(22-15-12-14-20(6)17-22)31(19(4)5)26(33)23(16-18(2)3)30-27(34)35-28(8,9)10/h12,14-15,17-19,21,23-24H,11,13,16H2,1-10H3,(H,29,32)(H,30,34). The molecule has 0 aliphatic rings. The maximum atomic E-state index is 14.0. The molecule has 7 heteroatoms. The molecule has 0 saturated carbocycles. The highest BCUT2D eigenvalue weighted by Gasteiger charge is 2.38. The van der Waals surface area contributed by atoms with Crippen LogP contribution < -0.4 is 10.6 Å². The van der Waals surface area contributed by atoms with Crippen molar-refractivity contribution in [2.45, 2.75) is 118 Å². The molecule has 1 rings (SSSR count). The van der Waals surface area contributed by atoms with E-state index < -0.39 is 23.8 Å². The average Bonchev–Trinajstić information content (AvgIpc) is 2.68. The molecule has 0 aromatic heterocycles. The van der Waals surface area contributed by atoms with Gasteiger partial charge in [0.05, 0.1) is 0 Å². The maximum absolute atomic E-state index is 14.0. The number of carbonyl (C=O) groups excluding carboxylic acids is 3. The van der Waals surface area contributed by atoms with Crippen LogP contribution in [-0.2, 0) is 14.3 Å². The van der Waals surface area contributed by atoms with Crippen molar-refractivity contribution in [1.29, 1.82) is 0 Å². The van der Waals surface area contributed by atoms with E-state index in [1.54, 1.807) is 25.7 Å². The minimum Gasteiger partial charge on any atom is -0.444 e. The monoisotopic (exact) mass is 489 g/mol. The molecule has 0 aliphatic heterocycles. The summed E-state index contributed by atoms with van der Waals surface area (Å²) in [6, 6.07) is 5.74. The molecule has 2 N–H and O–H groups in total. The molecule has 0 spiro atoms. The lowest BCUT2D eigenvalue weighted by molar-refractivity contribution is -0.145. The van der Waals surface area contributed by atoms with Crippen LogP contribution in [-0.4, -0.2) is 46.5 Å².